The van der Waals surface area contributed by atoms with Crippen molar-refractivity contribution in [1.82, 2.24) is 20.2 Å². The van der Waals surface area contributed by atoms with E-state index in [-0.39, 0.29) is 0 Å². The normalized spacial score (nSPS) is 11.0. The molecule has 0 fully saturated rings. The summed E-state index contributed by atoms with van der Waals surface area (Å²) in [7, 11) is 1.64. The van der Waals surface area contributed by atoms with Crippen LogP contribution in [0.1, 0.15) is 31.2 Å². The van der Waals surface area contributed by atoms with Gasteiger partial charge in [0.05, 0.1) is 7.11 Å². The van der Waals surface area contributed by atoms with Gasteiger partial charge in [0.15, 0.2) is 5.82 Å². The minimum Gasteiger partial charge on any atom is -0.494 e. The first kappa shape index (κ1) is 13.5. The molecule has 1 aromatic heterocycles. The number of aromatic nitrogens is 4. The van der Waals surface area contributed by atoms with Gasteiger partial charge in [-0.2, -0.15) is 4.68 Å². The minimum atomic E-state index is 0.430. The molecule has 0 saturated carbocycles. The Hall–Kier alpha value is -1.95. The van der Waals surface area contributed by atoms with E-state index in [0.717, 1.165) is 17.3 Å². The van der Waals surface area contributed by atoms with Crippen LogP contribution < -0.4 is 10.5 Å². The molecule has 6 heteroatoms. The molecule has 1 aromatic carbocycles. The van der Waals surface area contributed by atoms with Crippen molar-refractivity contribution in [1.29, 1.82) is 0 Å². The zero-order valence-corrected chi connectivity index (χ0v) is 11.5. The fourth-order valence-corrected chi connectivity index (χ4v) is 1.91. The molecule has 0 aliphatic heterocycles. The molecule has 0 radical (unpaired) electrons. The Morgan fingerprint density at radius 1 is 1.37 bits per heavy atom. The molecule has 0 aliphatic carbocycles. The highest BCUT2D eigenvalue weighted by atomic mass is 16.5. The van der Waals surface area contributed by atoms with Gasteiger partial charge >= 0.3 is 0 Å². The summed E-state index contributed by atoms with van der Waals surface area (Å²) in [6.07, 6.45) is 0.627. The van der Waals surface area contributed by atoms with Crippen LogP contribution in [0, 0.1) is 0 Å². The fourth-order valence-electron chi connectivity index (χ4n) is 1.91. The van der Waals surface area contributed by atoms with E-state index < -0.39 is 0 Å². The molecular formula is C13H19N5O. The molecule has 0 saturated heterocycles. The maximum absolute atomic E-state index is 5.58. The summed E-state index contributed by atoms with van der Waals surface area (Å²) in [5.74, 6) is 1.91. The standard InChI is InChI=1S/C13H19N5O/c1-9(2)10-4-5-12(19-3)11(8-10)18-13(6-7-14)15-16-17-18/h4-5,8-9H,6-7,14H2,1-3H3. The van der Waals surface area contributed by atoms with Gasteiger partial charge in [-0.25, -0.2) is 0 Å². The topological polar surface area (TPSA) is 78.8 Å². The second kappa shape index (κ2) is 5.79. The van der Waals surface area contributed by atoms with Crippen molar-refractivity contribution in [3.8, 4) is 11.4 Å². The Morgan fingerprint density at radius 2 is 2.16 bits per heavy atom. The first-order valence-corrected chi connectivity index (χ1v) is 6.33. The zero-order valence-electron chi connectivity index (χ0n) is 11.5. The average Bonchev–Trinajstić information content (AvgIpc) is 2.86. The van der Waals surface area contributed by atoms with Crippen LogP contribution in [0.4, 0.5) is 0 Å². The van der Waals surface area contributed by atoms with Gasteiger partial charge in [0.25, 0.3) is 0 Å². The average molecular weight is 261 g/mol. The van der Waals surface area contributed by atoms with E-state index in [9.17, 15) is 0 Å². The van der Waals surface area contributed by atoms with E-state index >= 15 is 0 Å². The number of nitrogens with two attached hydrogens (primary N) is 1. The Balaban J connectivity index is 2.52. The molecule has 2 N–H and O–H groups in total. The smallest absolute Gasteiger partial charge is 0.158 e. The SMILES string of the molecule is COc1ccc(C(C)C)cc1-n1nnnc1CCN. The van der Waals surface area contributed by atoms with E-state index in [1.54, 1.807) is 11.8 Å². The number of ether oxygens (including phenoxy) is 1. The second-order valence-electron chi connectivity index (χ2n) is 4.63. The van der Waals surface area contributed by atoms with Crippen molar-refractivity contribution >= 4 is 0 Å². The van der Waals surface area contributed by atoms with Crippen molar-refractivity contribution in [2.75, 3.05) is 13.7 Å². The van der Waals surface area contributed by atoms with Gasteiger partial charge in [-0.3, -0.25) is 0 Å². The summed E-state index contributed by atoms with van der Waals surface area (Å²) in [5.41, 5.74) is 7.64. The zero-order chi connectivity index (χ0) is 13.8. The number of hydrogen-bond acceptors (Lipinski definition) is 5. The molecule has 0 aliphatic rings. The Labute approximate surface area is 112 Å². The lowest BCUT2D eigenvalue weighted by atomic mass is 10.0. The first-order chi connectivity index (χ1) is 9.17. The third-order valence-electron chi connectivity index (χ3n) is 3.00. The highest BCUT2D eigenvalue weighted by Crippen LogP contribution is 2.27. The van der Waals surface area contributed by atoms with Crippen LogP contribution in [0.3, 0.4) is 0 Å². The maximum atomic E-state index is 5.58. The Bertz CT molecular complexity index is 550. The lowest BCUT2D eigenvalue weighted by Crippen LogP contribution is -2.11. The summed E-state index contributed by atoms with van der Waals surface area (Å²) in [6, 6.07) is 6.05. The molecule has 2 aromatic rings. The molecule has 19 heavy (non-hydrogen) atoms. The quantitative estimate of drug-likeness (QED) is 0.877. The predicted octanol–water partition coefficient (Wildman–Crippen LogP) is 1.30. The molecule has 6 nitrogen and oxygen atoms in total. The number of methoxy groups -OCH3 is 1. The molecule has 0 spiro atoms. The number of benzene rings is 1. The van der Waals surface area contributed by atoms with Crippen LogP contribution in [0.15, 0.2) is 18.2 Å². The molecular weight excluding hydrogens is 242 g/mol. The van der Waals surface area contributed by atoms with E-state index in [2.05, 4.69) is 41.5 Å². The Morgan fingerprint density at radius 3 is 2.79 bits per heavy atom. The number of nitrogens with zero attached hydrogens (tertiary/aromatic N) is 4. The summed E-state index contributed by atoms with van der Waals surface area (Å²) in [4.78, 5) is 0. The van der Waals surface area contributed by atoms with Crippen molar-refractivity contribution < 1.29 is 4.74 Å². The number of rotatable bonds is 5. The van der Waals surface area contributed by atoms with Crippen LogP contribution >= 0.6 is 0 Å². The van der Waals surface area contributed by atoms with Gasteiger partial charge in [-0.1, -0.05) is 19.9 Å². The van der Waals surface area contributed by atoms with Gasteiger partial charge in [-0.15, -0.1) is 5.10 Å². The third-order valence-corrected chi connectivity index (χ3v) is 3.00. The van der Waals surface area contributed by atoms with Crippen LogP contribution in [0.2, 0.25) is 0 Å². The van der Waals surface area contributed by atoms with Gasteiger partial charge in [0, 0.05) is 6.42 Å². The van der Waals surface area contributed by atoms with Crippen LogP contribution in [-0.2, 0) is 6.42 Å². The molecule has 0 bridgehead atoms. The highest BCUT2D eigenvalue weighted by Gasteiger charge is 2.14. The van der Waals surface area contributed by atoms with Crippen LogP contribution in [-0.4, -0.2) is 33.9 Å². The van der Waals surface area contributed by atoms with Crippen molar-refractivity contribution in [2.24, 2.45) is 5.73 Å². The van der Waals surface area contributed by atoms with E-state index in [1.165, 1.54) is 5.56 Å². The first-order valence-electron chi connectivity index (χ1n) is 6.33. The van der Waals surface area contributed by atoms with E-state index in [4.69, 9.17) is 10.5 Å². The van der Waals surface area contributed by atoms with E-state index in [1.807, 2.05) is 6.07 Å². The van der Waals surface area contributed by atoms with Gasteiger partial charge < -0.3 is 10.5 Å². The maximum Gasteiger partial charge on any atom is 0.158 e. The summed E-state index contributed by atoms with van der Waals surface area (Å²) >= 11 is 0. The molecule has 102 valence electrons. The molecule has 0 amide bonds. The fraction of sp³-hybridized carbons (Fsp3) is 0.462. The monoisotopic (exact) mass is 261 g/mol. The van der Waals surface area contributed by atoms with Crippen molar-refractivity contribution in [3.05, 3.63) is 29.6 Å². The summed E-state index contributed by atoms with van der Waals surface area (Å²) in [6.45, 7) is 4.80. The van der Waals surface area contributed by atoms with Gasteiger partial charge in [-0.05, 0) is 40.6 Å². The molecule has 1 heterocycles. The van der Waals surface area contributed by atoms with Gasteiger partial charge in [0.2, 0.25) is 0 Å². The third kappa shape index (κ3) is 2.73. The largest absolute Gasteiger partial charge is 0.494 e. The van der Waals surface area contributed by atoms with Crippen molar-refractivity contribution in [2.45, 2.75) is 26.2 Å². The molecule has 0 atom stereocenters. The van der Waals surface area contributed by atoms with Crippen molar-refractivity contribution in [3.63, 3.8) is 0 Å². The summed E-state index contributed by atoms with van der Waals surface area (Å²) < 4.78 is 7.08. The molecule has 2 rings (SSSR count). The Kier molecular flexibility index (Phi) is 4.11. The lowest BCUT2D eigenvalue weighted by molar-refractivity contribution is 0.410. The second-order valence-corrected chi connectivity index (χ2v) is 4.63. The number of hydrogen-bond donors (Lipinski definition) is 1. The van der Waals surface area contributed by atoms with Crippen LogP contribution in [0.25, 0.3) is 5.69 Å². The number of tetrazole rings is 1. The minimum absolute atomic E-state index is 0.430. The predicted molar refractivity (Wildman–Crippen MR) is 72.6 cm³/mol. The highest BCUT2D eigenvalue weighted by molar-refractivity contribution is 5.49. The summed E-state index contributed by atoms with van der Waals surface area (Å²) in [5, 5.41) is 11.8. The lowest BCUT2D eigenvalue weighted by Gasteiger charge is -2.13. The van der Waals surface area contributed by atoms with Crippen LogP contribution in [0.5, 0.6) is 5.75 Å². The van der Waals surface area contributed by atoms with E-state index in [0.29, 0.717) is 18.9 Å². The molecule has 0 unspecified atom stereocenters. The van der Waals surface area contributed by atoms with Gasteiger partial charge in [0.1, 0.15) is 11.4 Å².